The number of methoxy groups -OCH3 is 1. The highest BCUT2D eigenvalue weighted by Gasteiger charge is 2.43. The lowest BCUT2D eigenvalue weighted by atomic mass is 9.96. The second kappa shape index (κ2) is 11.7. The maximum absolute atomic E-state index is 14.1. The predicted octanol–water partition coefficient (Wildman–Crippen LogP) is 8.49. The SMILES string of the molecule is COc1ccc(Oc2ccc(N3C(=S)NC(c4ccccn4)C3c3cc(C)n(-c4ccccc4C(F)(F)F)c3C)cc2)cc1. The van der Waals surface area contributed by atoms with E-state index in [1.54, 1.807) is 23.9 Å². The van der Waals surface area contributed by atoms with E-state index in [4.69, 9.17) is 21.7 Å². The van der Waals surface area contributed by atoms with Crippen LogP contribution < -0.4 is 19.7 Å². The van der Waals surface area contributed by atoms with Crippen molar-refractivity contribution in [1.29, 1.82) is 0 Å². The Bertz CT molecular complexity index is 1790. The van der Waals surface area contributed by atoms with Crippen LogP contribution in [0.3, 0.4) is 0 Å². The van der Waals surface area contributed by atoms with E-state index in [-0.39, 0.29) is 11.7 Å². The van der Waals surface area contributed by atoms with Gasteiger partial charge in [0.2, 0.25) is 0 Å². The van der Waals surface area contributed by atoms with E-state index in [0.29, 0.717) is 28.0 Å². The Kier molecular flexibility index (Phi) is 7.77. The topological polar surface area (TPSA) is 51.6 Å². The van der Waals surface area contributed by atoms with Gasteiger partial charge in [-0.3, -0.25) is 4.98 Å². The molecule has 6 nitrogen and oxygen atoms in total. The summed E-state index contributed by atoms with van der Waals surface area (Å²) in [6.45, 7) is 3.66. The number of anilines is 1. The highest BCUT2D eigenvalue weighted by atomic mass is 32.1. The van der Waals surface area contributed by atoms with E-state index in [9.17, 15) is 13.2 Å². The number of nitrogens with one attached hydrogen (secondary N) is 1. The highest BCUT2D eigenvalue weighted by molar-refractivity contribution is 7.80. The molecule has 0 spiro atoms. The number of rotatable bonds is 7. The lowest BCUT2D eigenvalue weighted by molar-refractivity contribution is -0.137. The van der Waals surface area contributed by atoms with Gasteiger partial charge in [-0.1, -0.05) is 18.2 Å². The molecule has 10 heteroatoms. The van der Waals surface area contributed by atoms with Crippen molar-refractivity contribution in [3.8, 4) is 22.9 Å². The third kappa shape index (κ3) is 5.48. The average Bonchev–Trinajstić information content (AvgIpc) is 3.52. The summed E-state index contributed by atoms with van der Waals surface area (Å²) < 4.78 is 55.1. The standard InChI is InChI=1S/C34H29F3N4O2S/c1-21-20-27(22(2)40(21)30-10-5-4-8-28(30)34(35,36)37)32-31(29-9-6-7-19-38-29)39-33(44)41(32)23-11-13-25(14-12-23)43-26-17-15-24(42-3)16-18-26/h4-20,31-32H,1-3H3,(H,39,44). The quantitative estimate of drug-likeness (QED) is 0.186. The lowest BCUT2D eigenvalue weighted by Gasteiger charge is -2.28. The molecule has 6 rings (SSSR count). The fourth-order valence-electron chi connectivity index (χ4n) is 5.77. The van der Waals surface area contributed by atoms with Gasteiger partial charge >= 0.3 is 6.18 Å². The zero-order valence-corrected chi connectivity index (χ0v) is 25.0. The molecule has 1 fully saturated rings. The first-order valence-electron chi connectivity index (χ1n) is 13.9. The summed E-state index contributed by atoms with van der Waals surface area (Å²) in [6.07, 6.45) is -2.79. The summed E-state index contributed by atoms with van der Waals surface area (Å²) in [4.78, 5) is 6.60. The van der Waals surface area contributed by atoms with Crippen LogP contribution in [0.25, 0.3) is 5.69 Å². The largest absolute Gasteiger partial charge is 0.497 e. The monoisotopic (exact) mass is 614 g/mol. The van der Waals surface area contributed by atoms with Gasteiger partial charge in [0.1, 0.15) is 17.2 Å². The van der Waals surface area contributed by atoms with Crippen molar-refractivity contribution in [3.63, 3.8) is 0 Å². The summed E-state index contributed by atoms with van der Waals surface area (Å²) in [5.41, 5.74) is 3.14. The molecule has 2 unspecified atom stereocenters. The number of halogens is 3. The van der Waals surface area contributed by atoms with Crippen LogP contribution in [0, 0.1) is 13.8 Å². The van der Waals surface area contributed by atoms with Crippen molar-refractivity contribution in [2.75, 3.05) is 12.0 Å². The van der Waals surface area contributed by atoms with E-state index in [1.807, 2.05) is 91.5 Å². The van der Waals surface area contributed by atoms with Crippen molar-refractivity contribution < 1.29 is 22.6 Å². The maximum Gasteiger partial charge on any atom is 0.418 e. The Balaban J connectivity index is 1.41. The molecule has 0 saturated carbocycles. The first-order chi connectivity index (χ1) is 21.2. The van der Waals surface area contributed by atoms with E-state index in [1.165, 1.54) is 12.1 Å². The molecule has 5 aromatic rings. The van der Waals surface area contributed by atoms with Crippen LogP contribution in [0.1, 0.15) is 40.3 Å². The third-order valence-corrected chi connectivity index (χ3v) is 8.06. The molecule has 2 aromatic heterocycles. The number of thiocarbonyl (C=S) groups is 1. The number of benzene rings is 3. The fraction of sp³-hybridized carbons (Fsp3) is 0.176. The molecule has 1 aliphatic rings. The Labute approximate surface area is 258 Å². The Hall–Kier alpha value is -4.83. The van der Waals surface area contributed by atoms with Crippen molar-refractivity contribution >= 4 is 23.0 Å². The van der Waals surface area contributed by atoms with Crippen LogP contribution in [0.5, 0.6) is 17.2 Å². The summed E-state index contributed by atoms with van der Waals surface area (Å²) in [5, 5.41) is 3.91. The Morgan fingerprint density at radius 2 is 1.48 bits per heavy atom. The fourth-order valence-corrected chi connectivity index (χ4v) is 6.12. The summed E-state index contributed by atoms with van der Waals surface area (Å²) >= 11 is 5.87. The van der Waals surface area contributed by atoms with Gasteiger partial charge < -0.3 is 24.3 Å². The zero-order valence-electron chi connectivity index (χ0n) is 24.2. The van der Waals surface area contributed by atoms with Gasteiger partial charge in [-0.05, 0) is 110 Å². The number of pyridine rings is 1. The number of aryl methyl sites for hydroxylation is 1. The van der Waals surface area contributed by atoms with E-state index < -0.39 is 17.8 Å². The van der Waals surface area contributed by atoms with Crippen molar-refractivity contribution in [2.24, 2.45) is 0 Å². The third-order valence-electron chi connectivity index (χ3n) is 7.75. The first-order valence-corrected chi connectivity index (χ1v) is 14.3. The van der Waals surface area contributed by atoms with Crippen LogP contribution in [0.15, 0.2) is 103 Å². The van der Waals surface area contributed by atoms with Crippen LogP contribution in [0.2, 0.25) is 0 Å². The molecule has 2 atom stereocenters. The summed E-state index contributed by atoms with van der Waals surface area (Å²) in [7, 11) is 1.61. The van der Waals surface area contributed by atoms with Gasteiger partial charge in [-0.2, -0.15) is 13.2 Å². The summed E-state index contributed by atoms with van der Waals surface area (Å²) in [6, 6.07) is 27.3. The van der Waals surface area contributed by atoms with E-state index in [0.717, 1.165) is 28.8 Å². The molecule has 1 saturated heterocycles. The van der Waals surface area contributed by atoms with Crippen molar-refractivity contribution in [1.82, 2.24) is 14.9 Å². The number of alkyl halides is 3. The summed E-state index contributed by atoms with van der Waals surface area (Å²) in [5.74, 6) is 2.03. The maximum atomic E-state index is 14.1. The number of hydrogen-bond acceptors (Lipinski definition) is 4. The molecule has 0 radical (unpaired) electrons. The molecule has 3 heterocycles. The second-order valence-electron chi connectivity index (χ2n) is 10.4. The molecule has 0 bridgehead atoms. The highest BCUT2D eigenvalue weighted by Crippen LogP contribution is 2.45. The molecule has 44 heavy (non-hydrogen) atoms. The van der Waals surface area contributed by atoms with Gasteiger partial charge in [0.25, 0.3) is 0 Å². The smallest absolute Gasteiger partial charge is 0.418 e. The Morgan fingerprint density at radius 3 is 2.11 bits per heavy atom. The van der Waals surface area contributed by atoms with Gasteiger partial charge in [0.05, 0.1) is 36.1 Å². The minimum Gasteiger partial charge on any atom is -0.497 e. The number of aromatic nitrogens is 2. The molecule has 1 aliphatic heterocycles. The number of para-hydroxylation sites is 1. The number of hydrogen-bond donors (Lipinski definition) is 1. The van der Waals surface area contributed by atoms with Crippen LogP contribution in [-0.2, 0) is 6.18 Å². The number of ether oxygens (including phenoxy) is 2. The van der Waals surface area contributed by atoms with Gasteiger partial charge in [0.15, 0.2) is 5.11 Å². The molecular weight excluding hydrogens is 585 g/mol. The lowest BCUT2D eigenvalue weighted by Crippen LogP contribution is -2.29. The van der Waals surface area contributed by atoms with E-state index in [2.05, 4.69) is 10.3 Å². The molecule has 3 aromatic carbocycles. The Morgan fingerprint density at radius 1 is 0.841 bits per heavy atom. The van der Waals surface area contributed by atoms with Crippen LogP contribution in [-0.4, -0.2) is 21.8 Å². The van der Waals surface area contributed by atoms with Crippen LogP contribution in [0.4, 0.5) is 18.9 Å². The first kappa shape index (κ1) is 29.3. The molecule has 0 amide bonds. The molecule has 0 aliphatic carbocycles. The van der Waals surface area contributed by atoms with Crippen molar-refractivity contribution in [3.05, 3.63) is 131 Å². The van der Waals surface area contributed by atoms with Gasteiger partial charge in [0, 0.05) is 23.3 Å². The molecule has 1 N–H and O–H groups in total. The normalized spacial score (nSPS) is 16.6. The predicted molar refractivity (Wildman–Crippen MR) is 168 cm³/mol. The number of nitrogens with zero attached hydrogens (tertiary/aromatic N) is 3. The van der Waals surface area contributed by atoms with E-state index >= 15 is 0 Å². The average molecular weight is 615 g/mol. The van der Waals surface area contributed by atoms with Crippen molar-refractivity contribution in [2.45, 2.75) is 32.1 Å². The molecular formula is C34H29F3N4O2S. The minimum atomic E-state index is -4.51. The second-order valence-corrected chi connectivity index (χ2v) is 10.8. The molecule has 224 valence electrons. The van der Waals surface area contributed by atoms with Gasteiger partial charge in [-0.25, -0.2) is 0 Å². The van der Waals surface area contributed by atoms with Crippen LogP contribution >= 0.6 is 12.2 Å². The minimum absolute atomic E-state index is 0.0794. The zero-order chi connectivity index (χ0) is 31.0. The van der Waals surface area contributed by atoms with Gasteiger partial charge in [-0.15, -0.1) is 0 Å².